The molecule has 1 aromatic carbocycles. The van der Waals surface area contributed by atoms with Crippen LogP contribution in [0.3, 0.4) is 0 Å². The van der Waals surface area contributed by atoms with Gasteiger partial charge in [0.05, 0.1) is 6.61 Å². The van der Waals surface area contributed by atoms with Gasteiger partial charge in [-0.25, -0.2) is 0 Å². The first-order chi connectivity index (χ1) is 9.33. The summed E-state index contributed by atoms with van der Waals surface area (Å²) in [5.74, 6) is 0. The monoisotopic (exact) mass is 279 g/mol. The first-order valence-electron chi connectivity index (χ1n) is 7.16. The SMILES string of the molecule is COCc1cccc(CNC2CCCCC2SC)c1. The summed E-state index contributed by atoms with van der Waals surface area (Å²) >= 11 is 2.02. The molecular weight excluding hydrogens is 254 g/mol. The molecule has 19 heavy (non-hydrogen) atoms. The summed E-state index contributed by atoms with van der Waals surface area (Å²) in [6, 6.07) is 9.36. The van der Waals surface area contributed by atoms with Crippen molar-refractivity contribution in [2.45, 2.75) is 50.1 Å². The van der Waals surface area contributed by atoms with Gasteiger partial charge in [0.25, 0.3) is 0 Å². The maximum absolute atomic E-state index is 5.19. The predicted octanol–water partition coefficient (Wildman–Crippen LogP) is 3.60. The van der Waals surface area contributed by atoms with E-state index in [2.05, 4.69) is 35.8 Å². The summed E-state index contributed by atoms with van der Waals surface area (Å²) in [5, 5.41) is 4.53. The van der Waals surface area contributed by atoms with E-state index in [1.807, 2.05) is 11.8 Å². The number of methoxy groups -OCH3 is 1. The molecule has 0 saturated heterocycles. The van der Waals surface area contributed by atoms with Crippen molar-refractivity contribution in [3.8, 4) is 0 Å². The topological polar surface area (TPSA) is 21.3 Å². The molecule has 0 amide bonds. The van der Waals surface area contributed by atoms with E-state index < -0.39 is 0 Å². The van der Waals surface area contributed by atoms with E-state index in [1.165, 1.54) is 36.8 Å². The molecule has 1 N–H and O–H groups in total. The van der Waals surface area contributed by atoms with E-state index in [0.29, 0.717) is 12.6 Å². The zero-order valence-corrected chi connectivity index (χ0v) is 12.8. The Morgan fingerprint density at radius 3 is 2.84 bits per heavy atom. The van der Waals surface area contributed by atoms with E-state index in [1.54, 1.807) is 7.11 Å². The zero-order valence-electron chi connectivity index (χ0n) is 12.0. The Hall–Kier alpha value is -0.510. The minimum absolute atomic E-state index is 0.676. The van der Waals surface area contributed by atoms with Crippen LogP contribution >= 0.6 is 11.8 Å². The van der Waals surface area contributed by atoms with Crippen molar-refractivity contribution < 1.29 is 4.74 Å². The van der Waals surface area contributed by atoms with Gasteiger partial charge in [-0.1, -0.05) is 37.1 Å². The lowest BCUT2D eigenvalue weighted by molar-refractivity contribution is 0.185. The van der Waals surface area contributed by atoms with E-state index in [-0.39, 0.29) is 0 Å². The van der Waals surface area contributed by atoms with Crippen LogP contribution in [0.5, 0.6) is 0 Å². The second kappa shape index (κ2) is 7.93. The third-order valence-electron chi connectivity index (χ3n) is 3.88. The standard InChI is InChI=1S/C16H25NOS/c1-18-12-14-7-5-6-13(10-14)11-17-15-8-3-4-9-16(15)19-2/h5-7,10,15-17H,3-4,8-9,11-12H2,1-2H3. The number of hydrogen-bond acceptors (Lipinski definition) is 3. The molecule has 0 spiro atoms. The van der Waals surface area contributed by atoms with Crippen LogP contribution in [0.4, 0.5) is 0 Å². The lowest BCUT2D eigenvalue weighted by Crippen LogP contribution is -2.39. The van der Waals surface area contributed by atoms with Crippen molar-refractivity contribution in [3.05, 3.63) is 35.4 Å². The number of ether oxygens (including phenoxy) is 1. The van der Waals surface area contributed by atoms with Crippen molar-refractivity contribution in [2.75, 3.05) is 13.4 Å². The first-order valence-corrected chi connectivity index (χ1v) is 8.45. The molecule has 0 heterocycles. The van der Waals surface area contributed by atoms with E-state index >= 15 is 0 Å². The molecule has 2 unspecified atom stereocenters. The van der Waals surface area contributed by atoms with E-state index in [4.69, 9.17) is 4.74 Å². The average molecular weight is 279 g/mol. The molecule has 1 fully saturated rings. The normalized spacial score (nSPS) is 23.5. The van der Waals surface area contributed by atoms with Crippen LogP contribution in [0.1, 0.15) is 36.8 Å². The summed E-state index contributed by atoms with van der Waals surface area (Å²) in [6.07, 6.45) is 7.70. The molecule has 0 aromatic heterocycles. The third-order valence-corrected chi connectivity index (χ3v) is 5.05. The third kappa shape index (κ3) is 4.51. The molecule has 2 atom stereocenters. The van der Waals surface area contributed by atoms with Gasteiger partial charge in [-0.05, 0) is 30.2 Å². The molecule has 1 aliphatic rings. The minimum Gasteiger partial charge on any atom is -0.380 e. The van der Waals surface area contributed by atoms with Crippen molar-refractivity contribution in [3.63, 3.8) is 0 Å². The second-order valence-corrected chi connectivity index (χ2v) is 6.38. The van der Waals surface area contributed by atoms with Gasteiger partial charge in [-0.2, -0.15) is 11.8 Å². The fourth-order valence-corrected chi connectivity index (χ4v) is 3.82. The summed E-state index contributed by atoms with van der Waals surface area (Å²) in [4.78, 5) is 0. The smallest absolute Gasteiger partial charge is 0.0713 e. The molecule has 1 aliphatic carbocycles. The Morgan fingerprint density at radius 1 is 1.26 bits per heavy atom. The van der Waals surface area contributed by atoms with Crippen LogP contribution in [0.15, 0.2) is 24.3 Å². The maximum atomic E-state index is 5.19. The number of thioether (sulfide) groups is 1. The Bertz CT molecular complexity index is 383. The largest absolute Gasteiger partial charge is 0.380 e. The molecule has 0 radical (unpaired) electrons. The number of nitrogens with one attached hydrogen (secondary N) is 1. The summed E-state index contributed by atoms with van der Waals surface area (Å²) in [7, 11) is 1.75. The highest BCUT2D eigenvalue weighted by molar-refractivity contribution is 7.99. The van der Waals surface area contributed by atoms with Gasteiger partial charge in [0.1, 0.15) is 0 Å². The molecule has 106 valence electrons. The van der Waals surface area contributed by atoms with Crippen LogP contribution in [-0.2, 0) is 17.9 Å². The molecule has 1 saturated carbocycles. The van der Waals surface area contributed by atoms with Crippen molar-refractivity contribution >= 4 is 11.8 Å². The highest BCUT2D eigenvalue weighted by Crippen LogP contribution is 2.27. The molecular formula is C16H25NOS. The van der Waals surface area contributed by atoms with Gasteiger partial charge in [0, 0.05) is 24.9 Å². The van der Waals surface area contributed by atoms with Crippen LogP contribution in [0, 0.1) is 0 Å². The Kier molecular flexibility index (Phi) is 6.21. The molecule has 1 aromatic rings. The predicted molar refractivity (Wildman–Crippen MR) is 83.6 cm³/mol. The number of rotatable bonds is 6. The van der Waals surface area contributed by atoms with Crippen molar-refractivity contribution in [1.29, 1.82) is 0 Å². The van der Waals surface area contributed by atoms with Gasteiger partial charge in [-0.15, -0.1) is 0 Å². The number of benzene rings is 1. The highest BCUT2D eigenvalue weighted by Gasteiger charge is 2.23. The lowest BCUT2D eigenvalue weighted by Gasteiger charge is -2.31. The van der Waals surface area contributed by atoms with Gasteiger partial charge >= 0.3 is 0 Å². The number of hydrogen-bond donors (Lipinski definition) is 1. The molecule has 3 heteroatoms. The summed E-state index contributed by atoms with van der Waals surface area (Å²) in [6.45, 7) is 1.67. The average Bonchev–Trinajstić information content (AvgIpc) is 2.46. The summed E-state index contributed by atoms with van der Waals surface area (Å²) < 4.78 is 5.19. The quantitative estimate of drug-likeness (QED) is 0.860. The summed E-state index contributed by atoms with van der Waals surface area (Å²) in [5.41, 5.74) is 2.62. The fraction of sp³-hybridized carbons (Fsp3) is 0.625. The second-order valence-electron chi connectivity index (χ2n) is 5.30. The minimum atomic E-state index is 0.676. The van der Waals surface area contributed by atoms with Gasteiger partial charge in [-0.3, -0.25) is 0 Å². The molecule has 0 aliphatic heterocycles. The Morgan fingerprint density at radius 2 is 2.05 bits per heavy atom. The van der Waals surface area contributed by atoms with Crippen LogP contribution in [0.2, 0.25) is 0 Å². The molecule has 2 rings (SSSR count). The van der Waals surface area contributed by atoms with Crippen LogP contribution < -0.4 is 5.32 Å². The Balaban J connectivity index is 1.88. The van der Waals surface area contributed by atoms with Gasteiger partial charge in [0.2, 0.25) is 0 Å². The fourth-order valence-electron chi connectivity index (χ4n) is 2.86. The zero-order chi connectivity index (χ0) is 13.5. The van der Waals surface area contributed by atoms with E-state index in [0.717, 1.165) is 11.8 Å². The first kappa shape index (κ1) is 14.9. The van der Waals surface area contributed by atoms with Gasteiger partial charge < -0.3 is 10.1 Å². The van der Waals surface area contributed by atoms with Crippen molar-refractivity contribution in [2.24, 2.45) is 0 Å². The molecule has 0 bridgehead atoms. The lowest BCUT2D eigenvalue weighted by atomic mass is 9.94. The van der Waals surface area contributed by atoms with Gasteiger partial charge in [0.15, 0.2) is 0 Å². The van der Waals surface area contributed by atoms with Crippen LogP contribution in [-0.4, -0.2) is 24.7 Å². The van der Waals surface area contributed by atoms with E-state index in [9.17, 15) is 0 Å². The molecule has 2 nitrogen and oxygen atoms in total. The maximum Gasteiger partial charge on any atom is 0.0713 e. The van der Waals surface area contributed by atoms with Crippen LogP contribution in [0.25, 0.3) is 0 Å². The van der Waals surface area contributed by atoms with Crippen molar-refractivity contribution in [1.82, 2.24) is 5.32 Å². The Labute approximate surface area is 121 Å². The highest BCUT2D eigenvalue weighted by atomic mass is 32.2.